The molecule has 0 fully saturated rings. The molecular weight excluding hydrogens is 196 g/mol. The quantitative estimate of drug-likeness (QED) is 0.696. The summed E-state index contributed by atoms with van der Waals surface area (Å²) >= 11 is 0. The SMILES string of the molecule is COC(=O)c1ccc(C2=CCOCC2)o1. The molecule has 0 unspecified atom stereocenters. The van der Waals surface area contributed by atoms with E-state index >= 15 is 0 Å². The summed E-state index contributed by atoms with van der Waals surface area (Å²) in [6.45, 7) is 1.30. The van der Waals surface area contributed by atoms with Crippen LogP contribution >= 0.6 is 0 Å². The molecule has 0 aromatic carbocycles. The third-order valence-corrected chi connectivity index (χ3v) is 2.27. The Labute approximate surface area is 87.5 Å². The summed E-state index contributed by atoms with van der Waals surface area (Å²) < 4.78 is 15.1. The van der Waals surface area contributed by atoms with Gasteiger partial charge in [-0.3, -0.25) is 0 Å². The van der Waals surface area contributed by atoms with Gasteiger partial charge in [0.2, 0.25) is 5.76 Å². The number of methoxy groups -OCH3 is 1. The fourth-order valence-electron chi connectivity index (χ4n) is 1.47. The Morgan fingerprint density at radius 3 is 3.00 bits per heavy atom. The summed E-state index contributed by atoms with van der Waals surface area (Å²) in [4.78, 5) is 11.1. The lowest BCUT2D eigenvalue weighted by Gasteiger charge is -2.10. The van der Waals surface area contributed by atoms with Gasteiger partial charge in [0.25, 0.3) is 0 Å². The van der Waals surface area contributed by atoms with Crippen molar-refractivity contribution in [3.63, 3.8) is 0 Å². The molecule has 2 heterocycles. The maximum absolute atomic E-state index is 11.1. The van der Waals surface area contributed by atoms with Crippen molar-refractivity contribution in [3.8, 4) is 0 Å². The third-order valence-electron chi connectivity index (χ3n) is 2.27. The van der Waals surface area contributed by atoms with Gasteiger partial charge in [-0.1, -0.05) is 6.08 Å². The van der Waals surface area contributed by atoms with Crippen LogP contribution in [0.4, 0.5) is 0 Å². The molecule has 1 aromatic rings. The molecule has 0 atom stereocenters. The van der Waals surface area contributed by atoms with Gasteiger partial charge in [-0.15, -0.1) is 0 Å². The highest BCUT2D eigenvalue weighted by Gasteiger charge is 2.14. The average Bonchev–Trinajstić information content (AvgIpc) is 2.78. The molecule has 0 spiro atoms. The molecular formula is C11H12O4. The molecule has 0 saturated heterocycles. The Morgan fingerprint density at radius 2 is 2.33 bits per heavy atom. The predicted molar refractivity (Wildman–Crippen MR) is 53.5 cm³/mol. The molecule has 15 heavy (non-hydrogen) atoms. The van der Waals surface area contributed by atoms with E-state index in [0.29, 0.717) is 13.2 Å². The van der Waals surface area contributed by atoms with E-state index in [4.69, 9.17) is 9.15 Å². The van der Waals surface area contributed by atoms with Gasteiger partial charge < -0.3 is 13.9 Å². The third kappa shape index (κ3) is 2.10. The van der Waals surface area contributed by atoms with E-state index in [2.05, 4.69) is 4.74 Å². The van der Waals surface area contributed by atoms with Crippen LogP contribution < -0.4 is 0 Å². The minimum Gasteiger partial charge on any atom is -0.463 e. The summed E-state index contributed by atoms with van der Waals surface area (Å²) in [7, 11) is 1.33. The standard InChI is InChI=1S/C11H12O4/c1-13-11(12)10-3-2-9(15-10)8-4-6-14-7-5-8/h2-4H,5-7H2,1H3. The van der Waals surface area contributed by atoms with E-state index in [0.717, 1.165) is 17.8 Å². The van der Waals surface area contributed by atoms with E-state index in [-0.39, 0.29) is 5.76 Å². The second-order valence-electron chi connectivity index (χ2n) is 3.21. The highest BCUT2D eigenvalue weighted by Crippen LogP contribution is 2.23. The first kappa shape index (κ1) is 9.98. The Kier molecular flexibility index (Phi) is 2.87. The maximum Gasteiger partial charge on any atom is 0.373 e. The van der Waals surface area contributed by atoms with Crippen LogP contribution in [0.15, 0.2) is 22.6 Å². The molecule has 4 nitrogen and oxygen atoms in total. The Balaban J connectivity index is 2.19. The number of carbonyl (C=O) groups excluding carboxylic acids is 1. The lowest BCUT2D eigenvalue weighted by molar-refractivity contribution is 0.0564. The van der Waals surface area contributed by atoms with Crippen LogP contribution in [0.5, 0.6) is 0 Å². The molecule has 4 heteroatoms. The number of esters is 1. The molecule has 0 N–H and O–H groups in total. The zero-order chi connectivity index (χ0) is 10.7. The van der Waals surface area contributed by atoms with Crippen LogP contribution in [0.1, 0.15) is 22.7 Å². The van der Waals surface area contributed by atoms with E-state index in [9.17, 15) is 4.79 Å². The van der Waals surface area contributed by atoms with Gasteiger partial charge in [-0.2, -0.15) is 0 Å². The van der Waals surface area contributed by atoms with E-state index in [1.54, 1.807) is 12.1 Å². The maximum atomic E-state index is 11.1. The Hall–Kier alpha value is -1.55. The molecule has 1 aromatic heterocycles. The van der Waals surface area contributed by atoms with Crippen LogP contribution in [0.2, 0.25) is 0 Å². The van der Waals surface area contributed by atoms with Crippen molar-refractivity contribution in [2.75, 3.05) is 20.3 Å². The number of furan rings is 1. The first-order chi connectivity index (χ1) is 7.31. The lowest BCUT2D eigenvalue weighted by atomic mass is 10.1. The summed E-state index contributed by atoms with van der Waals surface area (Å²) in [6, 6.07) is 3.40. The molecule has 80 valence electrons. The van der Waals surface area contributed by atoms with E-state index in [1.165, 1.54) is 7.11 Å². The van der Waals surface area contributed by atoms with Gasteiger partial charge in [-0.05, 0) is 24.1 Å². The van der Waals surface area contributed by atoms with Crippen molar-refractivity contribution in [3.05, 3.63) is 29.7 Å². The van der Waals surface area contributed by atoms with Gasteiger partial charge in [0.05, 0.1) is 20.3 Å². The Morgan fingerprint density at radius 1 is 1.47 bits per heavy atom. The molecule has 2 rings (SSSR count). The summed E-state index contributed by atoms with van der Waals surface area (Å²) in [5, 5.41) is 0. The van der Waals surface area contributed by atoms with E-state index < -0.39 is 5.97 Å². The monoisotopic (exact) mass is 208 g/mol. The number of hydrogen-bond donors (Lipinski definition) is 0. The Bertz CT molecular complexity index is 389. The van der Waals surface area contributed by atoms with Crippen LogP contribution in [0, 0.1) is 0 Å². The number of rotatable bonds is 2. The molecule has 0 saturated carbocycles. The van der Waals surface area contributed by atoms with E-state index in [1.807, 2.05) is 6.08 Å². The van der Waals surface area contributed by atoms with Crippen molar-refractivity contribution in [1.82, 2.24) is 0 Å². The van der Waals surface area contributed by atoms with Crippen molar-refractivity contribution >= 4 is 11.5 Å². The molecule has 0 amide bonds. The van der Waals surface area contributed by atoms with Gasteiger partial charge in [0.15, 0.2) is 0 Å². The van der Waals surface area contributed by atoms with Gasteiger partial charge in [-0.25, -0.2) is 4.79 Å². The zero-order valence-corrected chi connectivity index (χ0v) is 8.49. The highest BCUT2D eigenvalue weighted by atomic mass is 16.5. The molecule has 0 bridgehead atoms. The normalized spacial score (nSPS) is 15.9. The molecule has 1 aliphatic heterocycles. The number of ether oxygens (including phenoxy) is 2. The van der Waals surface area contributed by atoms with Gasteiger partial charge in [0.1, 0.15) is 5.76 Å². The summed E-state index contributed by atoms with van der Waals surface area (Å²) in [6.07, 6.45) is 2.78. The largest absolute Gasteiger partial charge is 0.463 e. The van der Waals surface area contributed by atoms with Crippen molar-refractivity contribution in [1.29, 1.82) is 0 Å². The van der Waals surface area contributed by atoms with Gasteiger partial charge in [0, 0.05) is 0 Å². The fourth-order valence-corrected chi connectivity index (χ4v) is 1.47. The van der Waals surface area contributed by atoms with Crippen molar-refractivity contribution < 1.29 is 18.7 Å². The van der Waals surface area contributed by atoms with Gasteiger partial charge >= 0.3 is 5.97 Å². The second kappa shape index (κ2) is 4.31. The topological polar surface area (TPSA) is 48.7 Å². The number of carbonyl (C=O) groups is 1. The second-order valence-corrected chi connectivity index (χ2v) is 3.21. The highest BCUT2D eigenvalue weighted by molar-refractivity contribution is 5.86. The fraction of sp³-hybridized carbons (Fsp3) is 0.364. The summed E-state index contributed by atoms with van der Waals surface area (Å²) in [5.74, 6) is 0.507. The van der Waals surface area contributed by atoms with Crippen LogP contribution in [0.3, 0.4) is 0 Å². The summed E-state index contributed by atoms with van der Waals surface area (Å²) in [5.41, 5.74) is 1.08. The first-order valence-electron chi connectivity index (χ1n) is 4.76. The van der Waals surface area contributed by atoms with Crippen molar-refractivity contribution in [2.24, 2.45) is 0 Å². The smallest absolute Gasteiger partial charge is 0.373 e. The molecule has 0 radical (unpaired) electrons. The minimum absolute atomic E-state index is 0.236. The van der Waals surface area contributed by atoms with Crippen LogP contribution in [-0.4, -0.2) is 26.3 Å². The molecule has 0 aliphatic carbocycles. The zero-order valence-electron chi connectivity index (χ0n) is 8.49. The van der Waals surface area contributed by atoms with Crippen LogP contribution in [-0.2, 0) is 9.47 Å². The lowest BCUT2D eigenvalue weighted by Crippen LogP contribution is -2.03. The first-order valence-corrected chi connectivity index (χ1v) is 4.76. The minimum atomic E-state index is -0.450. The number of hydrogen-bond acceptors (Lipinski definition) is 4. The molecule has 1 aliphatic rings. The predicted octanol–water partition coefficient (Wildman–Crippen LogP) is 1.87. The van der Waals surface area contributed by atoms with Crippen LogP contribution in [0.25, 0.3) is 5.57 Å². The van der Waals surface area contributed by atoms with Crippen molar-refractivity contribution in [2.45, 2.75) is 6.42 Å². The average molecular weight is 208 g/mol.